The van der Waals surface area contributed by atoms with Crippen LogP contribution in [0.2, 0.25) is 5.02 Å². The molecule has 0 aliphatic carbocycles. The van der Waals surface area contributed by atoms with Crippen molar-refractivity contribution in [3.63, 3.8) is 0 Å². The number of anilines is 1. The Morgan fingerprint density at radius 1 is 1.10 bits per heavy atom. The molecule has 1 aliphatic rings. The predicted molar refractivity (Wildman–Crippen MR) is 116 cm³/mol. The van der Waals surface area contributed by atoms with Crippen molar-refractivity contribution in [1.29, 1.82) is 0 Å². The molecule has 30 heavy (non-hydrogen) atoms. The van der Waals surface area contributed by atoms with E-state index in [9.17, 15) is 9.59 Å². The second-order valence-electron chi connectivity index (χ2n) is 6.43. The van der Waals surface area contributed by atoms with Gasteiger partial charge < -0.3 is 20.1 Å². The molecule has 0 fully saturated rings. The first-order valence-electron chi connectivity index (χ1n) is 9.28. The molecule has 0 atom stereocenters. The maximum absolute atomic E-state index is 12.2. The summed E-state index contributed by atoms with van der Waals surface area (Å²) in [5, 5.41) is 8.16. The zero-order valence-corrected chi connectivity index (χ0v) is 17.4. The molecule has 0 unspecified atom stereocenters. The molecule has 3 aromatic rings. The Bertz CT molecular complexity index is 1090. The highest BCUT2D eigenvalue weighted by atomic mass is 35.5. The van der Waals surface area contributed by atoms with Crippen LogP contribution in [0, 0.1) is 0 Å². The van der Waals surface area contributed by atoms with Gasteiger partial charge in [0.1, 0.15) is 13.2 Å². The molecule has 0 radical (unpaired) electrons. The lowest BCUT2D eigenvalue weighted by molar-refractivity contribution is -0.116. The molecular formula is C21H18ClN3O4S. The highest BCUT2D eigenvalue weighted by Gasteiger charge is 2.15. The van der Waals surface area contributed by atoms with Crippen molar-refractivity contribution >= 4 is 39.9 Å². The van der Waals surface area contributed by atoms with E-state index in [2.05, 4.69) is 15.6 Å². The van der Waals surface area contributed by atoms with Crippen LogP contribution in [-0.2, 0) is 4.79 Å². The van der Waals surface area contributed by atoms with Crippen LogP contribution in [0.1, 0.15) is 16.8 Å². The molecule has 2 aromatic carbocycles. The summed E-state index contributed by atoms with van der Waals surface area (Å²) in [6.07, 6.45) is 0.120. The zero-order valence-electron chi connectivity index (χ0n) is 15.8. The topological polar surface area (TPSA) is 89.6 Å². The summed E-state index contributed by atoms with van der Waals surface area (Å²) in [6, 6.07) is 12.4. The molecule has 9 heteroatoms. The molecule has 2 heterocycles. The third-order valence-electron chi connectivity index (χ3n) is 4.34. The maximum atomic E-state index is 12.2. The summed E-state index contributed by atoms with van der Waals surface area (Å²) in [5.74, 6) is 0.847. The van der Waals surface area contributed by atoms with Gasteiger partial charge in [-0.2, -0.15) is 0 Å². The number of hydrogen-bond acceptors (Lipinski definition) is 6. The minimum Gasteiger partial charge on any atom is -0.486 e. The summed E-state index contributed by atoms with van der Waals surface area (Å²) < 4.78 is 11.1. The van der Waals surface area contributed by atoms with Crippen LogP contribution in [0.25, 0.3) is 11.3 Å². The van der Waals surface area contributed by atoms with E-state index in [-0.39, 0.29) is 24.8 Å². The molecule has 0 bridgehead atoms. The summed E-state index contributed by atoms with van der Waals surface area (Å²) in [6.45, 7) is 1.25. The number of benzene rings is 2. The van der Waals surface area contributed by atoms with Crippen molar-refractivity contribution in [3.05, 3.63) is 58.4 Å². The molecule has 1 aliphatic heterocycles. The molecule has 0 spiro atoms. The summed E-state index contributed by atoms with van der Waals surface area (Å²) in [5.41, 5.74) is 1.99. The Kier molecular flexibility index (Phi) is 6.15. The van der Waals surface area contributed by atoms with Gasteiger partial charge in [-0.25, -0.2) is 4.98 Å². The Morgan fingerprint density at radius 2 is 1.90 bits per heavy atom. The van der Waals surface area contributed by atoms with Crippen LogP contribution < -0.4 is 20.1 Å². The van der Waals surface area contributed by atoms with Crippen LogP contribution in [0.5, 0.6) is 11.5 Å². The van der Waals surface area contributed by atoms with E-state index in [0.717, 1.165) is 11.3 Å². The van der Waals surface area contributed by atoms with Crippen molar-refractivity contribution in [2.24, 2.45) is 0 Å². The molecule has 0 saturated heterocycles. The van der Waals surface area contributed by atoms with Crippen molar-refractivity contribution in [1.82, 2.24) is 10.3 Å². The fourth-order valence-corrected chi connectivity index (χ4v) is 3.84. The van der Waals surface area contributed by atoms with Gasteiger partial charge in [-0.3, -0.25) is 9.59 Å². The first-order chi connectivity index (χ1) is 14.6. The SMILES string of the molecule is O=C(CCNC(=O)c1ccccc1Cl)Nc1nc(-c2ccc3c(c2)OCCO3)cs1. The van der Waals surface area contributed by atoms with Crippen LogP contribution in [0.15, 0.2) is 47.8 Å². The number of rotatable bonds is 6. The minimum atomic E-state index is -0.316. The number of thiazole rings is 1. The largest absolute Gasteiger partial charge is 0.486 e. The van der Waals surface area contributed by atoms with Crippen LogP contribution in [0.3, 0.4) is 0 Å². The van der Waals surface area contributed by atoms with Gasteiger partial charge in [0.25, 0.3) is 5.91 Å². The van der Waals surface area contributed by atoms with E-state index in [1.165, 1.54) is 11.3 Å². The van der Waals surface area contributed by atoms with Gasteiger partial charge in [-0.15, -0.1) is 11.3 Å². The van der Waals surface area contributed by atoms with Crippen molar-refractivity contribution in [2.45, 2.75) is 6.42 Å². The number of aromatic nitrogens is 1. The fourth-order valence-electron chi connectivity index (χ4n) is 2.88. The van der Waals surface area contributed by atoms with Crippen LogP contribution >= 0.6 is 22.9 Å². The summed E-state index contributed by atoms with van der Waals surface area (Å²) in [4.78, 5) is 28.7. The normalized spacial score (nSPS) is 12.3. The van der Waals surface area contributed by atoms with Gasteiger partial charge in [0.2, 0.25) is 5.91 Å². The number of nitrogens with one attached hydrogen (secondary N) is 2. The molecule has 1 aromatic heterocycles. The number of carbonyl (C=O) groups excluding carboxylic acids is 2. The number of fused-ring (bicyclic) bond motifs is 1. The van der Waals surface area contributed by atoms with Crippen molar-refractivity contribution < 1.29 is 19.1 Å². The Labute approximate surface area is 182 Å². The van der Waals surface area contributed by atoms with E-state index in [1.807, 2.05) is 23.6 Å². The van der Waals surface area contributed by atoms with Gasteiger partial charge in [0, 0.05) is 23.9 Å². The van der Waals surface area contributed by atoms with Crippen LogP contribution in [-0.4, -0.2) is 36.6 Å². The zero-order chi connectivity index (χ0) is 20.9. The Morgan fingerprint density at radius 3 is 2.73 bits per heavy atom. The molecule has 7 nitrogen and oxygen atoms in total. The lowest BCUT2D eigenvalue weighted by Crippen LogP contribution is -2.27. The Hall–Kier alpha value is -3.10. The van der Waals surface area contributed by atoms with Crippen molar-refractivity contribution in [3.8, 4) is 22.8 Å². The second-order valence-corrected chi connectivity index (χ2v) is 7.70. The van der Waals surface area contributed by atoms with E-state index in [0.29, 0.717) is 40.4 Å². The molecular weight excluding hydrogens is 426 g/mol. The Balaban J connectivity index is 1.30. The summed E-state index contributed by atoms with van der Waals surface area (Å²) in [7, 11) is 0. The standard InChI is InChI=1S/C21H18ClN3O4S/c22-15-4-2-1-3-14(15)20(27)23-8-7-19(26)25-21-24-16(12-30-21)13-5-6-17-18(11-13)29-10-9-28-17/h1-6,11-12H,7-10H2,(H,23,27)(H,24,25,26). The highest BCUT2D eigenvalue weighted by molar-refractivity contribution is 7.14. The molecule has 2 N–H and O–H groups in total. The monoisotopic (exact) mass is 443 g/mol. The maximum Gasteiger partial charge on any atom is 0.252 e. The summed E-state index contributed by atoms with van der Waals surface area (Å²) >= 11 is 7.33. The van der Waals surface area contributed by atoms with Gasteiger partial charge in [0.15, 0.2) is 16.6 Å². The van der Waals surface area contributed by atoms with E-state index >= 15 is 0 Å². The second kappa shape index (κ2) is 9.15. The number of amides is 2. The van der Waals surface area contributed by atoms with E-state index in [1.54, 1.807) is 24.3 Å². The highest BCUT2D eigenvalue weighted by Crippen LogP contribution is 2.35. The van der Waals surface area contributed by atoms with Crippen molar-refractivity contribution in [2.75, 3.05) is 25.1 Å². The number of hydrogen-bond donors (Lipinski definition) is 2. The quantitative estimate of drug-likeness (QED) is 0.601. The third-order valence-corrected chi connectivity index (χ3v) is 5.43. The lowest BCUT2D eigenvalue weighted by atomic mass is 10.1. The molecule has 154 valence electrons. The lowest BCUT2D eigenvalue weighted by Gasteiger charge is -2.18. The number of halogens is 1. The number of nitrogens with zero attached hydrogens (tertiary/aromatic N) is 1. The van der Waals surface area contributed by atoms with Gasteiger partial charge in [0.05, 0.1) is 16.3 Å². The molecule has 4 rings (SSSR count). The smallest absolute Gasteiger partial charge is 0.252 e. The van der Waals surface area contributed by atoms with Gasteiger partial charge in [-0.05, 0) is 30.3 Å². The molecule has 0 saturated carbocycles. The molecule has 2 amide bonds. The van der Waals surface area contributed by atoms with Gasteiger partial charge >= 0.3 is 0 Å². The first-order valence-corrected chi connectivity index (χ1v) is 10.5. The average Bonchev–Trinajstić information content (AvgIpc) is 3.22. The third kappa shape index (κ3) is 4.72. The van der Waals surface area contributed by atoms with Crippen LogP contribution in [0.4, 0.5) is 5.13 Å². The number of ether oxygens (including phenoxy) is 2. The minimum absolute atomic E-state index is 0.120. The fraction of sp³-hybridized carbons (Fsp3) is 0.190. The number of carbonyl (C=O) groups is 2. The van der Waals surface area contributed by atoms with E-state index in [4.69, 9.17) is 21.1 Å². The first kappa shape index (κ1) is 20.2. The average molecular weight is 444 g/mol. The van der Waals surface area contributed by atoms with Gasteiger partial charge in [-0.1, -0.05) is 23.7 Å². The predicted octanol–water partition coefficient (Wildman–Crippen LogP) is 3.99. The van der Waals surface area contributed by atoms with E-state index < -0.39 is 0 Å².